The smallest absolute Gasteiger partial charge is 0.307 e. The molecule has 2 heterocycles. The van der Waals surface area contributed by atoms with Gasteiger partial charge in [-0.1, -0.05) is 30.3 Å². The number of hydrogen-bond acceptors (Lipinski definition) is 6. The number of allylic oxidation sites excluding steroid dienone is 1. The number of hydrogen-bond donors (Lipinski definition) is 0. The fourth-order valence-electron chi connectivity index (χ4n) is 2.81. The molecule has 7 heteroatoms. The van der Waals surface area contributed by atoms with Crippen LogP contribution >= 0.6 is 22.9 Å². The summed E-state index contributed by atoms with van der Waals surface area (Å²) in [5.74, 6) is -0.770. The predicted molar refractivity (Wildman–Crippen MR) is 105 cm³/mol. The molecule has 5 nitrogen and oxygen atoms in total. The van der Waals surface area contributed by atoms with Crippen LogP contribution < -0.4 is 0 Å². The lowest BCUT2D eigenvalue weighted by atomic mass is 9.93. The molecular formula is C20H18ClNO4S. The highest BCUT2D eigenvalue weighted by Crippen LogP contribution is 2.42. The number of esters is 1. The molecule has 0 bridgehead atoms. The van der Waals surface area contributed by atoms with E-state index in [1.54, 1.807) is 26.0 Å². The maximum absolute atomic E-state index is 12.8. The molecule has 0 N–H and O–H groups in total. The van der Waals surface area contributed by atoms with E-state index in [1.807, 2.05) is 19.1 Å². The monoisotopic (exact) mass is 403 g/mol. The molecule has 0 atom stereocenters. The third kappa shape index (κ3) is 3.68. The lowest BCUT2D eigenvalue weighted by Gasteiger charge is -2.34. The Morgan fingerprint density at radius 1 is 1.30 bits per heavy atom. The maximum atomic E-state index is 12.8. The van der Waals surface area contributed by atoms with E-state index in [0.29, 0.717) is 15.6 Å². The average Bonchev–Trinajstić information content (AvgIpc) is 2.94. The highest BCUT2D eigenvalue weighted by atomic mass is 35.5. The number of aromatic nitrogens is 1. The van der Waals surface area contributed by atoms with Crippen molar-refractivity contribution in [2.45, 2.75) is 33.3 Å². The minimum absolute atomic E-state index is 0.00625. The first-order chi connectivity index (χ1) is 12.6. The van der Waals surface area contributed by atoms with E-state index in [2.05, 4.69) is 11.6 Å². The van der Waals surface area contributed by atoms with E-state index in [0.717, 1.165) is 10.6 Å². The summed E-state index contributed by atoms with van der Waals surface area (Å²) in [6, 6.07) is 7.28. The number of benzene rings is 1. The van der Waals surface area contributed by atoms with Gasteiger partial charge in [-0.2, -0.15) is 0 Å². The number of ketones is 1. The van der Waals surface area contributed by atoms with Crippen LogP contribution in [0, 0.1) is 6.92 Å². The lowest BCUT2D eigenvalue weighted by molar-refractivity contribution is -0.141. The van der Waals surface area contributed by atoms with Crippen molar-refractivity contribution in [3.05, 3.63) is 58.0 Å². The van der Waals surface area contributed by atoms with E-state index in [4.69, 9.17) is 21.1 Å². The zero-order chi connectivity index (χ0) is 19.9. The fourth-order valence-corrected chi connectivity index (χ4v) is 4.05. The summed E-state index contributed by atoms with van der Waals surface area (Å²) >= 11 is 7.29. The van der Waals surface area contributed by atoms with Gasteiger partial charge in [-0.3, -0.25) is 9.59 Å². The number of carbonyl (C=O) groups excluding carboxylic acids is 2. The molecule has 1 aromatic carbocycles. The minimum atomic E-state index is -1.01. The highest BCUT2D eigenvalue weighted by molar-refractivity contribution is 7.16. The van der Waals surface area contributed by atoms with E-state index < -0.39 is 17.4 Å². The van der Waals surface area contributed by atoms with Crippen molar-refractivity contribution in [1.29, 1.82) is 0 Å². The quantitative estimate of drug-likeness (QED) is 0.536. The van der Waals surface area contributed by atoms with Crippen molar-refractivity contribution in [1.82, 2.24) is 4.98 Å². The molecule has 0 saturated carbocycles. The van der Waals surface area contributed by atoms with Gasteiger partial charge < -0.3 is 9.47 Å². The van der Waals surface area contributed by atoms with Crippen molar-refractivity contribution >= 4 is 40.3 Å². The van der Waals surface area contributed by atoms with E-state index in [1.165, 1.54) is 18.3 Å². The summed E-state index contributed by atoms with van der Waals surface area (Å²) in [4.78, 5) is 29.7. The van der Waals surface area contributed by atoms with Gasteiger partial charge in [0.1, 0.15) is 5.01 Å². The first kappa shape index (κ1) is 19.3. The summed E-state index contributed by atoms with van der Waals surface area (Å²) < 4.78 is 11.0. The summed E-state index contributed by atoms with van der Waals surface area (Å²) in [6.07, 6.45) is 0. The van der Waals surface area contributed by atoms with E-state index >= 15 is 0 Å². The number of aryl methyl sites for hydroxylation is 1. The largest absolute Gasteiger partial charge is 0.476 e. The molecule has 1 aliphatic heterocycles. The van der Waals surface area contributed by atoms with E-state index in [-0.39, 0.29) is 17.1 Å². The van der Waals surface area contributed by atoms with Gasteiger partial charge in [0.25, 0.3) is 0 Å². The van der Waals surface area contributed by atoms with Gasteiger partial charge in [0.05, 0.1) is 16.1 Å². The van der Waals surface area contributed by atoms with Crippen molar-refractivity contribution < 1.29 is 19.1 Å². The molecule has 0 amide bonds. The molecule has 2 aromatic rings. The third-order valence-corrected chi connectivity index (χ3v) is 5.47. The Labute approximate surface area is 166 Å². The number of carbonyl (C=O) groups is 2. The predicted octanol–water partition coefficient (Wildman–Crippen LogP) is 4.94. The van der Waals surface area contributed by atoms with Gasteiger partial charge in [-0.05, 0) is 32.9 Å². The van der Waals surface area contributed by atoms with Crippen LogP contribution in [-0.4, -0.2) is 22.3 Å². The highest BCUT2D eigenvalue weighted by Gasteiger charge is 2.42. The summed E-state index contributed by atoms with van der Waals surface area (Å²) in [5, 5.41) is 1.36. The van der Waals surface area contributed by atoms with Gasteiger partial charge in [0, 0.05) is 17.5 Å². The second-order valence-electron chi connectivity index (χ2n) is 6.60. The topological polar surface area (TPSA) is 65.5 Å². The van der Waals surface area contributed by atoms with Gasteiger partial charge in [-0.15, -0.1) is 11.3 Å². The van der Waals surface area contributed by atoms with Crippen LogP contribution in [0.5, 0.6) is 0 Å². The van der Waals surface area contributed by atoms with Crippen LogP contribution in [0.1, 0.15) is 31.3 Å². The van der Waals surface area contributed by atoms with Crippen molar-refractivity contribution in [3.8, 4) is 10.6 Å². The van der Waals surface area contributed by atoms with Crippen LogP contribution in [-0.2, 0) is 19.1 Å². The zero-order valence-corrected chi connectivity index (χ0v) is 17.0. The molecule has 140 valence electrons. The number of ether oxygens (including phenoxy) is 2. The number of Topliss-reactive ketones (excluding diaryl/α,β-unsaturated/α-hetero) is 1. The normalized spacial score (nSPS) is 16.3. The van der Waals surface area contributed by atoms with Crippen molar-refractivity contribution in [2.75, 3.05) is 0 Å². The molecule has 3 rings (SSSR count). The van der Waals surface area contributed by atoms with Crippen LogP contribution in [0.2, 0.25) is 5.02 Å². The Bertz CT molecular complexity index is 986. The Hall–Kier alpha value is -2.44. The van der Waals surface area contributed by atoms with Gasteiger partial charge in [-0.25, -0.2) is 4.98 Å². The maximum Gasteiger partial charge on any atom is 0.307 e. The molecule has 1 aliphatic rings. The second kappa shape index (κ2) is 6.94. The van der Waals surface area contributed by atoms with E-state index in [9.17, 15) is 9.59 Å². The van der Waals surface area contributed by atoms with Gasteiger partial charge in [0.15, 0.2) is 17.1 Å². The molecule has 27 heavy (non-hydrogen) atoms. The molecule has 0 aliphatic carbocycles. The minimum Gasteiger partial charge on any atom is -0.476 e. The van der Waals surface area contributed by atoms with Crippen molar-refractivity contribution in [3.63, 3.8) is 0 Å². The van der Waals surface area contributed by atoms with Gasteiger partial charge >= 0.3 is 5.97 Å². The molecule has 1 aromatic heterocycles. The molecule has 0 unspecified atom stereocenters. The van der Waals surface area contributed by atoms with Crippen LogP contribution in [0.3, 0.4) is 0 Å². The first-order valence-electron chi connectivity index (χ1n) is 8.19. The van der Waals surface area contributed by atoms with Crippen LogP contribution in [0.25, 0.3) is 16.1 Å². The Kier molecular flexibility index (Phi) is 4.97. The number of halogens is 1. The molecule has 0 saturated heterocycles. The molecular weight excluding hydrogens is 386 g/mol. The van der Waals surface area contributed by atoms with Crippen LogP contribution in [0.15, 0.2) is 42.4 Å². The fraction of sp³-hybridized carbons (Fsp3) is 0.250. The summed E-state index contributed by atoms with van der Waals surface area (Å²) in [7, 11) is 0. The summed E-state index contributed by atoms with van der Waals surface area (Å²) in [6.45, 7) is 10.2. The van der Waals surface area contributed by atoms with Crippen molar-refractivity contribution in [2.24, 2.45) is 0 Å². The lowest BCUT2D eigenvalue weighted by Crippen LogP contribution is -2.37. The Morgan fingerprint density at radius 2 is 1.93 bits per heavy atom. The molecule has 0 radical (unpaired) electrons. The van der Waals surface area contributed by atoms with Crippen LogP contribution in [0.4, 0.5) is 0 Å². The SMILES string of the molecule is C=C1OC(C)(C)C(OC(C)=O)=C(c2sc(-c3ccc(Cl)cc3)nc2C)C1=O. The number of thiazole rings is 1. The Morgan fingerprint density at radius 3 is 2.52 bits per heavy atom. The zero-order valence-electron chi connectivity index (χ0n) is 15.4. The first-order valence-corrected chi connectivity index (χ1v) is 9.39. The molecule has 0 spiro atoms. The molecule has 0 fully saturated rings. The second-order valence-corrected chi connectivity index (χ2v) is 8.04. The number of nitrogens with zero attached hydrogens (tertiary/aromatic N) is 1. The standard InChI is InChI=1S/C20H18ClNO4S/c1-10-17(27-19(22-10)13-6-8-14(21)9-7-13)15-16(24)11(2)26-20(4,5)18(15)25-12(3)23/h6-9H,2H2,1,3-5H3. The average molecular weight is 404 g/mol. The van der Waals surface area contributed by atoms with Gasteiger partial charge in [0.2, 0.25) is 5.78 Å². The Balaban J connectivity index is 2.20. The summed E-state index contributed by atoms with van der Waals surface area (Å²) in [5.41, 5.74) is 0.791. The number of rotatable bonds is 3. The third-order valence-electron chi connectivity index (χ3n) is 3.99.